The van der Waals surface area contributed by atoms with Gasteiger partial charge in [-0.25, -0.2) is 4.79 Å². The molecule has 0 bridgehead atoms. The van der Waals surface area contributed by atoms with Crippen molar-refractivity contribution in [2.45, 2.75) is 4.90 Å². The van der Waals surface area contributed by atoms with E-state index in [1.807, 2.05) is 12.3 Å². The van der Waals surface area contributed by atoms with Crippen molar-refractivity contribution in [2.75, 3.05) is 20.5 Å². The molecule has 14 heavy (non-hydrogen) atoms. The van der Waals surface area contributed by atoms with Crippen molar-refractivity contribution in [3.63, 3.8) is 0 Å². The maximum atomic E-state index is 11.3. The standard InChI is InChI=1S/C10H12O3S/c1-12-9-7(10(11)13-2)5-4-6-8(9)14-3/h4-6H,1-3H3. The zero-order valence-electron chi connectivity index (χ0n) is 8.37. The van der Waals surface area contributed by atoms with E-state index in [4.69, 9.17) is 4.74 Å². The van der Waals surface area contributed by atoms with Gasteiger partial charge in [0.15, 0.2) is 0 Å². The number of rotatable bonds is 3. The molecule has 0 amide bonds. The van der Waals surface area contributed by atoms with Gasteiger partial charge in [0, 0.05) is 4.90 Å². The molecule has 0 aliphatic rings. The van der Waals surface area contributed by atoms with Crippen molar-refractivity contribution in [3.8, 4) is 5.75 Å². The van der Waals surface area contributed by atoms with Gasteiger partial charge in [-0.05, 0) is 18.4 Å². The molecule has 0 aromatic heterocycles. The third kappa shape index (κ3) is 2.01. The molecule has 4 heteroatoms. The van der Waals surface area contributed by atoms with Crippen LogP contribution in [0.1, 0.15) is 10.4 Å². The van der Waals surface area contributed by atoms with Gasteiger partial charge in [-0.15, -0.1) is 11.8 Å². The van der Waals surface area contributed by atoms with E-state index >= 15 is 0 Å². The maximum Gasteiger partial charge on any atom is 0.341 e. The Kier molecular flexibility index (Phi) is 3.83. The Morgan fingerprint density at radius 3 is 2.57 bits per heavy atom. The number of carbonyl (C=O) groups excluding carboxylic acids is 1. The van der Waals surface area contributed by atoms with Crippen LogP contribution in [-0.2, 0) is 4.74 Å². The van der Waals surface area contributed by atoms with E-state index < -0.39 is 0 Å². The molecule has 0 heterocycles. The van der Waals surface area contributed by atoms with Crippen molar-refractivity contribution < 1.29 is 14.3 Å². The number of thioether (sulfide) groups is 1. The zero-order valence-corrected chi connectivity index (χ0v) is 9.18. The van der Waals surface area contributed by atoms with Crippen LogP contribution < -0.4 is 4.74 Å². The predicted molar refractivity (Wildman–Crippen MR) is 56.1 cm³/mol. The Bertz CT molecular complexity index is 336. The summed E-state index contributed by atoms with van der Waals surface area (Å²) < 4.78 is 9.82. The normalized spacial score (nSPS) is 9.64. The van der Waals surface area contributed by atoms with Gasteiger partial charge in [0.2, 0.25) is 0 Å². The summed E-state index contributed by atoms with van der Waals surface area (Å²) in [6.07, 6.45) is 1.93. The molecule has 76 valence electrons. The van der Waals surface area contributed by atoms with Gasteiger partial charge in [0.25, 0.3) is 0 Å². The number of carbonyl (C=O) groups is 1. The molecule has 3 nitrogen and oxygen atoms in total. The second-order valence-corrected chi connectivity index (χ2v) is 3.38. The first kappa shape index (κ1) is 10.9. The summed E-state index contributed by atoms with van der Waals surface area (Å²) >= 11 is 1.53. The van der Waals surface area contributed by atoms with Crippen LogP contribution in [0.15, 0.2) is 23.1 Å². The molecule has 0 saturated carbocycles. The minimum Gasteiger partial charge on any atom is -0.495 e. The van der Waals surface area contributed by atoms with Gasteiger partial charge < -0.3 is 9.47 Å². The van der Waals surface area contributed by atoms with Crippen LogP contribution in [0, 0.1) is 0 Å². The number of hydrogen-bond donors (Lipinski definition) is 0. The molecule has 0 atom stereocenters. The van der Waals surface area contributed by atoms with Crippen LogP contribution in [0.25, 0.3) is 0 Å². The van der Waals surface area contributed by atoms with E-state index in [2.05, 4.69) is 4.74 Å². The summed E-state index contributed by atoms with van der Waals surface area (Å²) in [4.78, 5) is 12.3. The summed E-state index contributed by atoms with van der Waals surface area (Å²) in [5.74, 6) is 0.199. The molecule has 0 aliphatic carbocycles. The molecule has 0 unspecified atom stereocenters. The van der Waals surface area contributed by atoms with Gasteiger partial charge in [-0.3, -0.25) is 0 Å². The van der Waals surface area contributed by atoms with Crippen LogP contribution in [-0.4, -0.2) is 26.4 Å². The fraction of sp³-hybridized carbons (Fsp3) is 0.300. The Morgan fingerprint density at radius 1 is 1.36 bits per heavy atom. The van der Waals surface area contributed by atoms with Gasteiger partial charge in [0.05, 0.1) is 14.2 Å². The first-order valence-corrected chi connectivity index (χ1v) is 5.26. The minimum absolute atomic E-state index is 0.377. The highest BCUT2D eigenvalue weighted by Gasteiger charge is 2.15. The Balaban J connectivity index is 3.21. The fourth-order valence-electron chi connectivity index (χ4n) is 1.16. The lowest BCUT2D eigenvalue weighted by atomic mass is 10.2. The van der Waals surface area contributed by atoms with Crippen LogP contribution >= 0.6 is 11.8 Å². The number of esters is 1. The highest BCUT2D eigenvalue weighted by molar-refractivity contribution is 7.98. The van der Waals surface area contributed by atoms with Crippen LogP contribution in [0.4, 0.5) is 0 Å². The average Bonchev–Trinajstić information content (AvgIpc) is 2.26. The highest BCUT2D eigenvalue weighted by atomic mass is 32.2. The molecule has 1 aromatic carbocycles. The summed E-state index contributed by atoms with van der Waals surface area (Å²) in [5.41, 5.74) is 0.460. The summed E-state index contributed by atoms with van der Waals surface area (Å²) in [6.45, 7) is 0. The first-order chi connectivity index (χ1) is 6.74. The smallest absolute Gasteiger partial charge is 0.341 e. The molecule has 0 radical (unpaired) electrons. The van der Waals surface area contributed by atoms with E-state index in [0.717, 1.165) is 4.90 Å². The zero-order chi connectivity index (χ0) is 10.6. The third-order valence-corrected chi connectivity index (χ3v) is 2.57. The fourth-order valence-corrected chi connectivity index (χ4v) is 1.75. The predicted octanol–water partition coefficient (Wildman–Crippen LogP) is 2.20. The summed E-state index contributed by atoms with van der Waals surface area (Å²) in [7, 11) is 2.90. The first-order valence-electron chi connectivity index (χ1n) is 4.04. The summed E-state index contributed by atoms with van der Waals surface area (Å²) in [6, 6.07) is 5.39. The lowest BCUT2D eigenvalue weighted by molar-refractivity contribution is 0.0596. The van der Waals surface area contributed by atoms with Gasteiger partial charge in [-0.1, -0.05) is 6.07 Å². The van der Waals surface area contributed by atoms with Gasteiger partial charge in [0.1, 0.15) is 11.3 Å². The van der Waals surface area contributed by atoms with Crippen molar-refractivity contribution in [1.82, 2.24) is 0 Å². The molecule has 1 rings (SSSR count). The van der Waals surface area contributed by atoms with Crippen LogP contribution in [0.5, 0.6) is 5.75 Å². The van der Waals surface area contributed by atoms with Gasteiger partial charge >= 0.3 is 5.97 Å². The quantitative estimate of drug-likeness (QED) is 0.568. The van der Waals surface area contributed by atoms with Gasteiger partial charge in [-0.2, -0.15) is 0 Å². The molecule has 0 spiro atoms. The Labute approximate surface area is 87.4 Å². The SMILES string of the molecule is COC(=O)c1cccc(SC)c1OC. The number of methoxy groups -OCH3 is 2. The largest absolute Gasteiger partial charge is 0.495 e. The second kappa shape index (κ2) is 4.91. The second-order valence-electron chi connectivity index (χ2n) is 2.53. The number of hydrogen-bond acceptors (Lipinski definition) is 4. The van der Waals surface area contributed by atoms with Crippen molar-refractivity contribution in [3.05, 3.63) is 23.8 Å². The number of benzene rings is 1. The molecule has 0 fully saturated rings. The van der Waals surface area contributed by atoms with Crippen LogP contribution in [0.2, 0.25) is 0 Å². The van der Waals surface area contributed by atoms with E-state index in [9.17, 15) is 4.79 Å². The monoisotopic (exact) mass is 212 g/mol. The number of para-hydroxylation sites is 1. The van der Waals surface area contributed by atoms with Crippen molar-refractivity contribution >= 4 is 17.7 Å². The lowest BCUT2D eigenvalue weighted by Gasteiger charge is -2.09. The van der Waals surface area contributed by atoms with E-state index in [1.165, 1.54) is 18.9 Å². The molecule has 1 aromatic rings. The molecule has 0 N–H and O–H groups in total. The van der Waals surface area contributed by atoms with Crippen molar-refractivity contribution in [1.29, 1.82) is 0 Å². The average molecular weight is 212 g/mol. The maximum absolute atomic E-state index is 11.3. The van der Waals surface area contributed by atoms with Crippen LogP contribution in [0.3, 0.4) is 0 Å². The number of ether oxygens (including phenoxy) is 2. The topological polar surface area (TPSA) is 35.5 Å². The minimum atomic E-state index is -0.377. The summed E-state index contributed by atoms with van der Waals surface area (Å²) in [5, 5.41) is 0. The lowest BCUT2D eigenvalue weighted by Crippen LogP contribution is -2.04. The third-order valence-electron chi connectivity index (χ3n) is 1.81. The Morgan fingerprint density at radius 2 is 2.07 bits per heavy atom. The van der Waals surface area contributed by atoms with E-state index in [1.54, 1.807) is 19.2 Å². The molecular weight excluding hydrogens is 200 g/mol. The van der Waals surface area contributed by atoms with Crippen molar-refractivity contribution in [2.24, 2.45) is 0 Å². The highest BCUT2D eigenvalue weighted by Crippen LogP contribution is 2.31. The molecule has 0 saturated heterocycles. The molecular formula is C10H12O3S. The molecule has 0 aliphatic heterocycles. The van der Waals surface area contributed by atoms with E-state index in [0.29, 0.717) is 11.3 Å². The van der Waals surface area contributed by atoms with E-state index in [-0.39, 0.29) is 5.97 Å². The Hall–Kier alpha value is -1.16.